The van der Waals surface area contributed by atoms with Crippen molar-refractivity contribution in [1.82, 2.24) is 0 Å². The van der Waals surface area contributed by atoms with Crippen LogP contribution >= 0.6 is 0 Å². The van der Waals surface area contributed by atoms with Gasteiger partial charge in [-0.05, 0) is 12.8 Å². The fraction of sp³-hybridized carbons (Fsp3) is 0.833. The number of carbonyl (C=O) groups is 2. The molecule has 30 heavy (non-hydrogen) atoms. The van der Waals surface area contributed by atoms with E-state index in [1.165, 1.54) is 0 Å². The Bertz CT molecular complexity index is 532. The third-order valence-corrected chi connectivity index (χ3v) is 3.13. The fourth-order valence-electron chi connectivity index (χ4n) is 1.52. The molecule has 0 unspecified atom stereocenters. The molecular formula is C12H8F14O4. The maximum atomic E-state index is 13.2. The van der Waals surface area contributed by atoms with E-state index in [2.05, 4.69) is 9.47 Å². The molecule has 0 aromatic rings. The molecule has 18 heteroatoms. The Labute approximate surface area is 156 Å². The SMILES string of the molecule is O=C(OCCCCOC(=O)C(F)(C(F)(F)F)C(F)(F)F)C(F)(C(F)(F)F)C(F)(F)F. The number of halogens is 14. The Balaban J connectivity index is 4.80. The zero-order valence-corrected chi connectivity index (χ0v) is 13.8. The molecule has 0 amide bonds. The number of carbonyl (C=O) groups excluding carboxylic acids is 2. The van der Waals surface area contributed by atoms with Gasteiger partial charge in [0.25, 0.3) is 0 Å². The molecule has 0 aromatic heterocycles. The minimum atomic E-state index is -6.77. The minimum Gasteiger partial charge on any atom is -0.463 e. The summed E-state index contributed by atoms with van der Waals surface area (Å²) < 4.78 is 180. The van der Waals surface area contributed by atoms with E-state index >= 15 is 0 Å². The largest absolute Gasteiger partial charge is 0.463 e. The van der Waals surface area contributed by atoms with Crippen LogP contribution in [0.1, 0.15) is 12.8 Å². The normalized spacial score (nSPS) is 14.5. The van der Waals surface area contributed by atoms with Crippen molar-refractivity contribution in [2.24, 2.45) is 0 Å². The fourth-order valence-corrected chi connectivity index (χ4v) is 1.52. The number of ether oxygens (including phenoxy) is 2. The summed E-state index contributed by atoms with van der Waals surface area (Å²) >= 11 is 0. The Kier molecular flexibility index (Phi) is 8.02. The molecule has 0 spiro atoms. The monoisotopic (exact) mass is 482 g/mol. The number of alkyl halides is 14. The van der Waals surface area contributed by atoms with Crippen LogP contribution in [-0.2, 0) is 19.1 Å². The first-order chi connectivity index (χ1) is 13.0. The second-order valence-corrected chi connectivity index (χ2v) is 5.29. The van der Waals surface area contributed by atoms with Crippen LogP contribution in [0.15, 0.2) is 0 Å². The summed E-state index contributed by atoms with van der Waals surface area (Å²) in [4.78, 5) is 21.7. The van der Waals surface area contributed by atoms with Gasteiger partial charge >= 0.3 is 48.0 Å². The molecular weight excluding hydrogens is 474 g/mol. The number of esters is 2. The highest BCUT2D eigenvalue weighted by molar-refractivity contribution is 5.82. The van der Waals surface area contributed by atoms with Crippen LogP contribution < -0.4 is 0 Å². The van der Waals surface area contributed by atoms with Crippen molar-refractivity contribution < 1.29 is 80.5 Å². The zero-order chi connectivity index (χ0) is 24.4. The van der Waals surface area contributed by atoms with E-state index in [0.29, 0.717) is 0 Å². The predicted molar refractivity (Wildman–Crippen MR) is 63.0 cm³/mol. The first-order valence-corrected chi connectivity index (χ1v) is 7.04. The van der Waals surface area contributed by atoms with Gasteiger partial charge in [0.2, 0.25) is 0 Å². The van der Waals surface area contributed by atoms with E-state index in [4.69, 9.17) is 0 Å². The smallest absolute Gasteiger partial charge is 0.442 e. The average molecular weight is 482 g/mol. The molecule has 0 aliphatic rings. The summed E-state index contributed by atoms with van der Waals surface area (Å²) in [6, 6.07) is 0. The van der Waals surface area contributed by atoms with Gasteiger partial charge in [-0.2, -0.15) is 52.7 Å². The third-order valence-electron chi connectivity index (χ3n) is 3.13. The van der Waals surface area contributed by atoms with Gasteiger partial charge in [0, 0.05) is 0 Å². The van der Waals surface area contributed by atoms with Crippen molar-refractivity contribution in [3.63, 3.8) is 0 Å². The number of rotatable bonds is 7. The van der Waals surface area contributed by atoms with Gasteiger partial charge in [-0.1, -0.05) is 0 Å². The van der Waals surface area contributed by atoms with Crippen LogP contribution in [0.3, 0.4) is 0 Å². The number of hydrogen-bond donors (Lipinski definition) is 0. The Morgan fingerprint density at radius 3 is 0.833 bits per heavy atom. The molecule has 0 saturated heterocycles. The lowest BCUT2D eigenvalue weighted by atomic mass is 10.1. The molecule has 4 nitrogen and oxygen atoms in total. The summed E-state index contributed by atoms with van der Waals surface area (Å²) in [5.74, 6) is -6.87. The van der Waals surface area contributed by atoms with E-state index in [-0.39, 0.29) is 0 Å². The molecule has 0 N–H and O–H groups in total. The van der Waals surface area contributed by atoms with Gasteiger partial charge in [-0.25, -0.2) is 18.4 Å². The molecule has 0 radical (unpaired) electrons. The van der Waals surface area contributed by atoms with Crippen LogP contribution in [0, 0.1) is 0 Å². The molecule has 0 aromatic carbocycles. The molecule has 0 aliphatic heterocycles. The summed E-state index contributed by atoms with van der Waals surface area (Å²) in [6.45, 7) is -2.87. The maximum Gasteiger partial charge on any atom is 0.442 e. The van der Waals surface area contributed by atoms with Crippen molar-refractivity contribution in [2.75, 3.05) is 13.2 Å². The van der Waals surface area contributed by atoms with Gasteiger partial charge < -0.3 is 9.47 Å². The van der Waals surface area contributed by atoms with E-state index in [1.807, 2.05) is 0 Å². The van der Waals surface area contributed by atoms with Gasteiger partial charge in [0.05, 0.1) is 13.2 Å². The highest BCUT2D eigenvalue weighted by atomic mass is 19.4. The van der Waals surface area contributed by atoms with Crippen LogP contribution in [0.5, 0.6) is 0 Å². The van der Waals surface area contributed by atoms with Crippen molar-refractivity contribution in [1.29, 1.82) is 0 Å². The van der Waals surface area contributed by atoms with E-state index in [1.54, 1.807) is 0 Å². The van der Waals surface area contributed by atoms with Gasteiger partial charge in [-0.3, -0.25) is 0 Å². The first kappa shape index (κ1) is 28.0. The zero-order valence-electron chi connectivity index (χ0n) is 13.8. The highest BCUT2D eigenvalue weighted by Gasteiger charge is 2.79. The van der Waals surface area contributed by atoms with E-state index in [9.17, 15) is 71.1 Å². The average Bonchev–Trinajstić information content (AvgIpc) is 2.51. The molecule has 0 rings (SSSR count). The molecule has 0 aliphatic carbocycles. The lowest BCUT2D eigenvalue weighted by Gasteiger charge is -2.28. The minimum absolute atomic E-state index is 0.915. The molecule has 0 atom stereocenters. The third kappa shape index (κ3) is 5.35. The van der Waals surface area contributed by atoms with Crippen molar-refractivity contribution in [3.05, 3.63) is 0 Å². The standard InChI is InChI=1S/C12H8F14O4/c13-7(9(15,16)17,10(18,19)20)5(27)29-3-1-2-4-30-6(28)8(14,11(21,22)23)12(24,25)26/h1-4H2. The highest BCUT2D eigenvalue weighted by Crippen LogP contribution is 2.48. The molecule has 0 fully saturated rings. The summed E-state index contributed by atoms with van der Waals surface area (Å²) in [6.07, 6.45) is -28.9. The van der Waals surface area contributed by atoms with Crippen LogP contribution in [0.2, 0.25) is 0 Å². The second-order valence-electron chi connectivity index (χ2n) is 5.29. The lowest BCUT2D eigenvalue weighted by Crippen LogP contribution is -2.59. The van der Waals surface area contributed by atoms with Crippen LogP contribution in [0.4, 0.5) is 61.5 Å². The van der Waals surface area contributed by atoms with E-state index < -0.39 is 74.0 Å². The van der Waals surface area contributed by atoms with E-state index in [0.717, 1.165) is 0 Å². The van der Waals surface area contributed by atoms with Gasteiger partial charge in [-0.15, -0.1) is 0 Å². The summed E-state index contributed by atoms with van der Waals surface area (Å²) in [5, 5.41) is 0. The van der Waals surface area contributed by atoms with Gasteiger partial charge in [0.1, 0.15) is 0 Å². The van der Waals surface area contributed by atoms with Crippen LogP contribution in [0.25, 0.3) is 0 Å². The maximum absolute atomic E-state index is 13.2. The Morgan fingerprint density at radius 2 is 0.667 bits per heavy atom. The summed E-state index contributed by atoms with van der Waals surface area (Å²) in [5.41, 5.74) is -12.8. The molecule has 178 valence electrons. The topological polar surface area (TPSA) is 52.6 Å². The quantitative estimate of drug-likeness (QED) is 0.305. The Hall–Kier alpha value is -2.04. The predicted octanol–water partition coefficient (Wildman–Crippen LogP) is 4.52. The lowest BCUT2D eigenvalue weighted by molar-refractivity contribution is -0.334. The first-order valence-electron chi connectivity index (χ1n) is 7.04. The number of unbranched alkanes of at least 4 members (excludes halogenated alkanes) is 1. The Morgan fingerprint density at radius 1 is 0.467 bits per heavy atom. The molecule has 0 heterocycles. The van der Waals surface area contributed by atoms with Crippen molar-refractivity contribution in [3.8, 4) is 0 Å². The number of hydrogen-bond acceptors (Lipinski definition) is 4. The van der Waals surface area contributed by atoms with Crippen molar-refractivity contribution >= 4 is 11.9 Å². The molecule has 0 bridgehead atoms. The van der Waals surface area contributed by atoms with Crippen LogP contribution in [-0.4, -0.2) is 61.2 Å². The molecule has 0 saturated carbocycles. The van der Waals surface area contributed by atoms with Crippen molar-refractivity contribution in [2.45, 2.75) is 48.9 Å². The van der Waals surface area contributed by atoms with Gasteiger partial charge in [0.15, 0.2) is 0 Å². The summed E-state index contributed by atoms with van der Waals surface area (Å²) in [7, 11) is 0. The second kappa shape index (κ2) is 8.60.